The van der Waals surface area contributed by atoms with Crippen LogP contribution in [0.5, 0.6) is 11.5 Å². The van der Waals surface area contributed by atoms with Crippen LogP contribution in [0.2, 0.25) is 0 Å². The molecule has 3 unspecified atom stereocenters. The first-order chi connectivity index (χ1) is 17.8. The Balaban J connectivity index is 1.89. The van der Waals surface area contributed by atoms with Gasteiger partial charge in [0.05, 0.1) is 17.3 Å². The summed E-state index contributed by atoms with van der Waals surface area (Å²) in [6.45, 7) is 4.11. The molecule has 0 bridgehead atoms. The minimum Gasteiger partial charge on any atom is -0.507 e. The molecule has 0 saturated heterocycles. The highest BCUT2D eigenvalue weighted by Crippen LogP contribution is 2.47. The number of rotatable bonds is 9. The van der Waals surface area contributed by atoms with Gasteiger partial charge in [-0.3, -0.25) is 0 Å². The Morgan fingerprint density at radius 3 is 2.38 bits per heavy atom. The third kappa shape index (κ3) is 5.99. The van der Waals surface area contributed by atoms with Gasteiger partial charge in [0, 0.05) is 10.8 Å². The van der Waals surface area contributed by atoms with Gasteiger partial charge in [0.25, 0.3) is 0 Å². The molecule has 198 valence electrons. The molecule has 0 aliphatic carbocycles. The smallest absolute Gasteiger partial charge is 0.182 e. The summed E-state index contributed by atoms with van der Waals surface area (Å²) < 4.78 is 47.9. The average Bonchev–Trinajstić information content (AvgIpc) is 2.97. The predicted octanol–water partition coefficient (Wildman–Crippen LogP) is 7.38. The second kappa shape index (κ2) is 11.9. The predicted molar refractivity (Wildman–Crippen MR) is 148 cm³/mol. The van der Waals surface area contributed by atoms with Crippen LogP contribution >= 0.6 is 11.8 Å². The average molecular weight is 543 g/mol. The lowest BCUT2D eigenvalue weighted by molar-refractivity contribution is 0.390. The van der Waals surface area contributed by atoms with Crippen molar-refractivity contribution in [1.29, 1.82) is 0 Å². The van der Waals surface area contributed by atoms with E-state index in [0.717, 1.165) is 41.9 Å². The largest absolute Gasteiger partial charge is 0.507 e. The van der Waals surface area contributed by atoms with Crippen LogP contribution in [0.1, 0.15) is 62.1 Å². The molecule has 1 N–H and O–H groups in total. The van der Waals surface area contributed by atoms with Crippen LogP contribution in [0.4, 0.5) is 4.39 Å². The van der Waals surface area contributed by atoms with Crippen LogP contribution in [0.25, 0.3) is 0 Å². The van der Waals surface area contributed by atoms with E-state index < -0.39 is 15.1 Å². The third-order valence-electron chi connectivity index (χ3n) is 7.33. The van der Waals surface area contributed by atoms with E-state index in [4.69, 9.17) is 4.74 Å². The Labute approximate surface area is 224 Å². The molecule has 3 aromatic carbocycles. The molecule has 0 radical (unpaired) electrons. The molecule has 0 spiro atoms. The lowest BCUT2D eigenvalue weighted by Crippen LogP contribution is -2.31. The van der Waals surface area contributed by atoms with E-state index in [1.165, 1.54) is 30.0 Å². The maximum atomic E-state index is 14.4. The van der Waals surface area contributed by atoms with Crippen LogP contribution in [-0.2, 0) is 16.3 Å². The monoisotopic (exact) mass is 542 g/mol. The first-order valence-electron chi connectivity index (χ1n) is 12.9. The summed E-state index contributed by atoms with van der Waals surface area (Å²) in [5.41, 5.74) is 2.52. The molecule has 1 heterocycles. The lowest BCUT2D eigenvalue weighted by atomic mass is 9.80. The molecular weight excluding hydrogens is 507 g/mol. The van der Waals surface area contributed by atoms with E-state index in [1.54, 1.807) is 19.2 Å². The minimum absolute atomic E-state index is 0.0118. The number of sulfone groups is 1. The fraction of sp³-hybridized carbons (Fsp3) is 0.400. The maximum absolute atomic E-state index is 14.4. The number of phenols is 1. The molecule has 7 heteroatoms. The van der Waals surface area contributed by atoms with Crippen molar-refractivity contribution in [1.82, 2.24) is 0 Å². The molecule has 4 nitrogen and oxygen atoms in total. The molecule has 3 atom stereocenters. The Hall–Kier alpha value is -2.51. The molecule has 1 aliphatic rings. The van der Waals surface area contributed by atoms with Gasteiger partial charge < -0.3 is 9.84 Å². The summed E-state index contributed by atoms with van der Waals surface area (Å²) in [5, 5.41) is 10.2. The van der Waals surface area contributed by atoms with Crippen LogP contribution < -0.4 is 4.74 Å². The van der Waals surface area contributed by atoms with E-state index in [2.05, 4.69) is 6.92 Å². The quantitative estimate of drug-likeness (QED) is 0.286. The van der Waals surface area contributed by atoms with Gasteiger partial charge in [-0.2, -0.15) is 0 Å². The standard InChI is InChI=1S/C30H35FO4S2/c1-4-6-7-22-17-25(21-10-12-23(31)13-11-21)26-18-28(36-5-2)27(32)19-30(26)37(33,34)29(22)16-20-8-14-24(35-3)15-9-20/h8-15,18-19,22,25,29,32H,4-7,16-17H2,1-3H3. The number of hydrogen-bond donors (Lipinski definition) is 1. The Morgan fingerprint density at radius 2 is 1.76 bits per heavy atom. The van der Waals surface area contributed by atoms with Gasteiger partial charge in [0.15, 0.2) is 9.84 Å². The number of thioether (sulfide) groups is 1. The summed E-state index contributed by atoms with van der Waals surface area (Å²) in [6.07, 6.45) is 3.69. The summed E-state index contributed by atoms with van der Waals surface area (Å²) in [7, 11) is -2.18. The molecule has 3 aromatic rings. The lowest BCUT2D eigenvalue weighted by Gasteiger charge is -2.27. The summed E-state index contributed by atoms with van der Waals surface area (Å²) in [6, 6.07) is 17.2. The summed E-state index contributed by atoms with van der Waals surface area (Å²) >= 11 is 1.49. The van der Waals surface area contributed by atoms with Gasteiger partial charge in [0.1, 0.15) is 17.3 Å². The third-order valence-corrected chi connectivity index (χ3v) is 10.6. The molecule has 37 heavy (non-hydrogen) atoms. The van der Waals surface area contributed by atoms with E-state index in [1.807, 2.05) is 37.3 Å². The highest BCUT2D eigenvalue weighted by Gasteiger charge is 2.42. The molecular formula is C30H35FO4S2. The van der Waals surface area contributed by atoms with E-state index in [-0.39, 0.29) is 28.3 Å². The van der Waals surface area contributed by atoms with Crippen molar-refractivity contribution in [2.45, 2.75) is 66.9 Å². The van der Waals surface area contributed by atoms with Crippen molar-refractivity contribution in [2.75, 3.05) is 12.9 Å². The highest BCUT2D eigenvalue weighted by atomic mass is 32.2. The first kappa shape index (κ1) is 27.5. The number of phenolic OH excluding ortho intramolecular Hbond substituents is 1. The number of hydrogen-bond acceptors (Lipinski definition) is 5. The van der Waals surface area contributed by atoms with Crippen molar-refractivity contribution in [3.8, 4) is 11.5 Å². The van der Waals surface area contributed by atoms with Gasteiger partial charge in [-0.25, -0.2) is 12.8 Å². The molecule has 4 rings (SSSR count). The zero-order valence-corrected chi connectivity index (χ0v) is 23.2. The topological polar surface area (TPSA) is 63.6 Å². The normalized spacial score (nSPS) is 20.7. The number of benzene rings is 3. The summed E-state index contributed by atoms with van der Waals surface area (Å²) in [5.74, 6) is 0.825. The van der Waals surface area contributed by atoms with E-state index in [0.29, 0.717) is 23.3 Å². The number of aromatic hydroxyl groups is 1. The van der Waals surface area contributed by atoms with Gasteiger partial charge in [-0.1, -0.05) is 51.0 Å². The van der Waals surface area contributed by atoms with Crippen molar-refractivity contribution >= 4 is 21.6 Å². The number of fused-ring (bicyclic) bond motifs is 1. The zero-order valence-electron chi connectivity index (χ0n) is 21.6. The van der Waals surface area contributed by atoms with Gasteiger partial charge in [0.2, 0.25) is 0 Å². The zero-order chi connectivity index (χ0) is 26.6. The number of unbranched alkanes of at least 4 members (excludes halogenated alkanes) is 1. The number of ether oxygens (including phenoxy) is 1. The number of halogens is 1. The molecule has 1 aliphatic heterocycles. The van der Waals surface area contributed by atoms with Crippen LogP contribution in [0.15, 0.2) is 70.5 Å². The molecule has 0 fully saturated rings. The second-order valence-electron chi connectivity index (χ2n) is 9.67. The first-order valence-corrected chi connectivity index (χ1v) is 15.4. The van der Waals surface area contributed by atoms with E-state index >= 15 is 0 Å². The highest BCUT2D eigenvalue weighted by molar-refractivity contribution is 7.99. The fourth-order valence-electron chi connectivity index (χ4n) is 5.40. The SMILES string of the molecule is CCCCC1CC(c2ccc(F)cc2)c2cc(SCC)c(O)cc2S(=O)(=O)C1Cc1ccc(OC)cc1. The van der Waals surface area contributed by atoms with E-state index in [9.17, 15) is 17.9 Å². The maximum Gasteiger partial charge on any atom is 0.182 e. The molecule has 0 amide bonds. The van der Waals surface area contributed by atoms with Crippen molar-refractivity contribution in [2.24, 2.45) is 5.92 Å². The van der Waals surface area contributed by atoms with Crippen LogP contribution in [0.3, 0.4) is 0 Å². The Bertz CT molecular complexity index is 1300. The molecule has 0 aromatic heterocycles. The van der Waals surface area contributed by atoms with Crippen LogP contribution in [0, 0.1) is 11.7 Å². The van der Waals surface area contributed by atoms with Gasteiger partial charge in [-0.15, -0.1) is 11.8 Å². The van der Waals surface area contributed by atoms with Crippen molar-refractivity contribution < 1.29 is 22.7 Å². The molecule has 0 saturated carbocycles. The van der Waals surface area contributed by atoms with Crippen molar-refractivity contribution in [3.05, 3.63) is 83.2 Å². The fourth-order valence-corrected chi connectivity index (χ4v) is 8.43. The Kier molecular flexibility index (Phi) is 8.86. The number of methoxy groups -OCH3 is 1. The van der Waals surface area contributed by atoms with Crippen LogP contribution in [-0.4, -0.2) is 31.6 Å². The van der Waals surface area contributed by atoms with Crippen molar-refractivity contribution in [3.63, 3.8) is 0 Å². The minimum atomic E-state index is -3.79. The summed E-state index contributed by atoms with van der Waals surface area (Å²) in [4.78, 5) is 0.861. The van der Waals surface area contributed by atoms with Gasteiger partial charge >= 0.3 is 0 Å². The van der Waals surface area contributed by atoms with Gasteiger partial charge in [-0.05, 0) is 84.0 Å². The Morgan fingerprint density at radius 1 is 1.05 bits per heavy atom. The second-order valence-corrected chi connectivity index (χ2v) is 13.1.